The van der Waals surface area contributed by atoms with Gasteiger partial charge in [0.2, 0.25) is 0 Å². The number of nitrogens with one attached hydrogen (secondary N) is 1. The summed E-state index contributed by atoms with van der Waals surface area (Å²) >= 11 is 0. The van der Waals surface area contributed by atoms with Crippen LogP contribution in [0.5, 0.6) is 0 Å². The quantitative estimate of drug-likeness (QED) is 0.566. The summed E-state index contributed by atoms with van der Waals surface area (Å²) in [4.78, 5) is 3.94. The molecular weight excluding hydrogens is 152 g/mol. The van der Waals surface area contributed by atoms with Crippen LogP contribution in [-0.4, -0.2) is 4.98 Å². The van der Waals surface area contributed by atoms with Gasteiger partial charge >= 0.3 is 0 Å². The third kappa shape index (κ3) is 0.840. The first-order valence-electron chi connectivity index (χ1n) is 3.70. The number of aromatic nitrogens is 1. The second-order valence-corrected chi connectivity index (χ2v) is 2.74. The Kier molecular flexibility index (Phi) is 1.45. The van der Waals surface area contributed by atoms with E-state index < -0.39 is 0 Å². The number of pyridine rings is 1. The summed E-state index contributed by atoms with van der Waals surface area (Å²) in [6.07, 6.45) is 1.73. The molecule has 1 aliphatic heterocycles. The molecule has 0 aliphatic carbocycles. The molecule has 0 saturated carbocycles. The van der Waals surface area contributed by atoms with Gasteiger partial charge in [0.1, 0.15) is 11.9 Å². The standard InChI is InChI=1S/C8H8N4/c9-1-6-7-4-11-2-5(7)3-12-8(6)10/h3,11H,2,4H2,(H2,10,12). The van der Waals surface area contributed by atoms with Gasteiger partial charge in [0.05, 0.1) is 5.56 Å². The lowest BCUT2D eigenvalue weighted by molar-refractivity contribution is 0.764. The molecule has 0 spiro atoms. The van der Waals surface area contributed by atoms with Gasteiger partial charge in [-0.25, -0.2) is 4.98 Å². The van der Waals surface area contributed by atoms with Crippen molar-refractivity contribution in [3.05, 3.63) is 22.9 Å². The smallest absolute Gasteiger partial charge is 0.141 e. The Bertz CT molecular complexity index is 364. The van der Waals surface area contributed by atoms with Gasteiger partial charge in [-0.05, 0) is 11.1 Å². The molecule has 0 atom stereocenters. The van der Waals surface area contributed by atoms with E-state index in [-0.39, 0.29) is 0 Å². The molecule has 4 nitrogen and oxygen atoms in total. The molecule has 60 valence electrons. The first-order chi connectivity index (χ1) is 5.83. The second kappa shape index (κ2) is 2.47. The van der Waals surface area contributed by atoms with E-state index in [4.69, 9.17) is 11.0 Å². The van der Waals surface area contributed by atoms with Gasteiger partial charge in [0.15, 0.2) is 0 Å². The van der Waals surface area contributed by atoms with E-state index in [9.17, 15) is 0 Å². The van der Waals surface area contributed by atoms with Crippen LogP contribution in [0.3, 0.4) is 0 Å². The Labute approximate surface area is 70.0 Å². The molecule has 0 fully saturated rings. The van der Waals surface area contributed by atoms with E-state index in [0.717, 1.165) is 24.2 Å². The molecule has 0 amide bonds. The van der Waals surface area contributed by atoms with Crippen molar-refractivity contribution in [3.63, 3.8) is 0 Å². The first-order valence-corrected chi connectivity index (χ1v) is 3.70. The number of nitrogens with two attached hydrogens (primary N) is 1. The van der Waals surface area contributed by atoms with Crippen molar-refractivity contribution < 1.29 is 0 Å². The third-order valence-electron chi connectivity index (χ3n) is 2.03. The molecule has 3 N–H and O–H groups in total. The molecule has 1 aromatic rings. The molecule has 0 unspecified atom stereocenters. The molecule has 0 aromatic carbocycles. The molecule has 2 heterocycles. The average molecular weight is 160 g/mol. The number of anilines is 1. The molecule has 1 aromatic heterocycles. The summed E-state index contributed by atoms with van der Waals surface area (Å²) in [5.74, 6) is 0.333. The zero-order valence-electron chi connectivity index (χ0n) is 6.46. The Balaban J connectivity index is 2.67. The van der Waals surface area contributed by atoms with Gasteiger partial charge in [-0.2, -0.15) is 5.26 Å². The molecule has 0 radical (unpaired) electrons. The number of hydrogen-bond acceptors (Lipinski definition) is 4. The Morgan fingerprint density at radius 3 is 3.17 bits per heavy atom. The van der Waals surface area contributed by atoms with Gasteiger partial charge < -0.3 is 11.1 Å². The summed E-state index contributed by atoms with van der Waals surface area (Å²) in [5.41, 5.74) is 8.16. The molecule has 0 saturated heterocycles. The summed E-state index contributed by atoms with van der Waals surface area (Å²) in [5, 5.41) is 11.9. The highest BCUT2D eigenvalue weighted by atomic mass is 14.9. The van der Waals surface area contributed by atoms with Crippen molar-refractivity contribution >= 4 is 5.82 Å². The van der Waals surface area contributed by atoms with E-state index in [1.165, 1.54) is 0 Å². The van der Waals surface area contributed by atoms with Crippen LogP contribution in [0.4, 0.5) is 5.82 Å². The minimum absolute atomic E-state index is 0.333. The van der Waals surface area contributed by atoms with Crippen LogP contribution >= 0.6 is 0 Å². The predicted molar refractivity (Wildman–Crippen MR) is 43.9 cm³/mol. The molecule has 1 aliphatic rings. The first kappa shape index (κ1) is 7.07. The minimum atomic E-state index is 0.333. The summed E-state index contributed by atoms with van der Waals surface area (Å²) in [6.45, 7) is 1.52. The van der Waals surface area contributed by atoms with E-state index in [1.54, 1.807) is 6.20 Å². The van der Waals surface area contributed by atoms with E-state index in [1.807, 2.05) is 0 Å². The Hall–Kier alpha value is -1.60. The van der Waals surface area contributed by atoms with Crippen molar-refractivity contribution in [2.45, 2.75) is 13.1 Å². The highest BCUT2D eigenvalue weighted by Crippen LogP contribution is 2.21. The van der Waals surface area contributed by atoms with Crippen LogP contribution in [0.15, 0.2) is 6.20 Å². The largest absolute Gasteiger partial charge is 0.383 e. The summed E-state index contributed by atoms with van der Waals surface area (Å²) in [6, 6.07) is 2.07. The number of fused-ring (bicyclic) bond motifs is 1. The number of nitriles is 1. The monoisotopic (exact) mass is 160 g/mol. The van der Waals surface area contributed by atoms with Gasteiger partial charge in [0, 0.05) is 19.3 Å². The summed E-state index contributed by atoms with van der Waals surface area (Å²) < 4.78 is 0. The van der Waals surface area contributed by atoms with Crippen molar-refractivity contribution in [2.24, 2.45) is 0 Å². The maximum Gasteiger partial charge on any atom is 0.141 e. The van der Waals surface area contributed by atoms with Crippen molar-refractivity contribution in [2.75, 3.05) is 5.73 Å². The zero-order valence-corrected chi connectivity index (χ0v) is 6.46. The maximum atomic E-state index is 8.78. The molecule has 2 rings (SSSR count). The van der Waals surface area contributed by atoms with Crippen LogP contribution in [0, 0.1) is 11.3 Å². The zero-order chi connectivity index (χ0) is 8.55. The molecular formula is C8H8N4. The lowest BCUT2D eigenvalue weighted by Crippen LogP contribution is -2.01. The summed E-state index contributed by atoms with van der Waals surface area (Å²) in [7, 11) is 0. The van der Waals surface area contributed by atoms with E-state index in [2.05, 4.69) is 16.4 Å². The number of rotatable bonds is 0. The molecule has 4 heteroatoms. The number of nitrogen functional groups attached to an aromatic ring is 1. The van der Waals surface area contributed by atoms with Crippen LogP contribution in [-0.2, 0) is 13.1 Å². The van der Waals surface area contributed by atoms with Crippen LogP contribution in [0.2, 0.25) is 0 Å². The normalized spacial score (nSPS) is 13.9. The SMILES string of the molecule is N#Cc1c(N)ncc2c1CNC2. The second-order valence-electron chi connectivity index (χ2n) is 2.74. The van der Waals surface area contributed by atoms with E-state index >= 15 is 0 Å². The Morgan fingerprint density at radius 2 is 2.42 bits per heavy atom. The van der Waals surface area contributed by atoms with Crippen molar-refractivity contribution in [1.29, 1.82) is 5.26 Å². The van der Waals surface area contributed by atoms with Gasteiger partial charge in [0.25, 0.3) is 0 Å². The highest BCUT2D eigenvalue weighted by molar-refractivity contribution is 5.56. The molecule has 0 bridgehead atoms. The fourth-order valence-electron chi connectivity index (χ4n) is 1.41. The van der Waals surface area contributed by atoms with Crippen LogP contribution in [0.25, 0.3) is 0 Å². The third-order valence-corrected chi connectivity index (χ3v) is 2.03. The fraction of sp³-hybridized carbons (Fsp3) is 0.250. The number of nitrogens with zero attached hydrogens (tertiary/aromatic N) is 2. The molecule has 12 heavy (non-hydrogen) atoms. The predicted octanol–water partition coefficient (Wildman–Crippen LogP) is 0.139. The maximum absolute atomic E-state index is 8.78. The minimum Gasteiger partial charge on any atom is -0.383 e. The van der Waals surface area contributed by atoms with Crippen molar-refractivity contribution in [1.82, 2.24) is 10.3 Å². The fourth-order valence-corrected chi connectivity index (χ4v) is 1.41. The van der Waals surface area contributed by atoms with Crippen LogP contribution < -0.4 is 11.1 Å². The van der Waals surface area contributed by atoms with Gasteiger partial charge in [-0.15, -0.1) is 0 Å². The topological polar surface area (TPSA) is 74.7 Å². The van der Waals surface area contributed by atoms with Crippen molar-refractivity contribution in [3.8, 4) is 6.07 Å². The van der Waals surface area contributed by atoms with E-state index in [0.29, 0.717) is 11.4 Å². The van der Waals surface area contributed by atoms with Gasteiger partial charge in [-0.3, -0.25) is 0 Å². The lowest BCUT2D eigenvalue weighted by Gasteiger charge is -2.01. The van der Waals surface area contributed by atoms with Crippen LogP contribution in [0.1, 0.15) is 16.7 Å². The Morgan fingerprint density at radius 1 is 1.58 bits per heavy atom. The average Bonchev–Trinajstić information content (AvgIpc) is 2.52. The highest BCUT2D eigenvalue weighted by Gasteiger charge is 2.16. The number of hydrogen-bond donors (Lipinski definition) is 2. The van der Waals surface area contributed by atoms with Gasteiger partial charge in [-0.1, -0.05) is 0 Å². The lowest BCUT2D eigenvalue weighted by atomic mass is 10.1.